The Balaban J connectivity index is 2.78. The molecule has 5 heteroatoms. The van der Waals surface area contributed by atoms with E-state index in [9.17, 15) is 13.6 Å². The van der Waals surface area contributed by atoms with E-state index in [1.165, 1.54) is 12.1 Å². The molecule has 0 fully saturated rings. The van der Waals surface area contributed by atoms with E-state index in [0.717, 1.165) is 6.07 Å². The summed E-state index contributed by atoms with van der Waals surface area (Å²) in [6.45, 7) is 3.09. The van der Waals surface area contributed by atoms with E-state index in [2.05, 4.69) is 0 Å². The first-order chi connectivity index (χ1) is 7.82. The molecule has 0 radical (unpaired) electrons. The molecule has 0 aromatic heterocycles. The number of hydrogen-bond acceptors (Lipinski definition) is 3. The second-order valence-electron chi connectivity index (χ2n) is 4.39. The highest BCUT2D eigenvalue weighted by Crippen LogP contribution is 2.19. The van der Waals surface area contributed by atoms with Crippen LogP contribution in [0.5, 0.6) is 0 Å². The third kappa shape index (κ3) is 4.48. The molecule has 0 amide bonds. The Morgan fingerprint density at radius 2 is 1.82 bits per heavy atom. The van der Waals surface area contributed by atoms with Crippen molar-refractivity contribution in [2.24, 2.45) is 5.73 Å². The van der Waals surface area contributed by atoms with Crippen LogP contribution in [0.15, 0.2) is 18.2 Å². The minimum absolute atomic E-state index is 0.216. The third-order valence-electron chi connectivity index (χ3n) is 2.11. The predicted molar refractivity (Wildman–Crippen MR) is 59.3 cm³/mol. The minimum atomic E-state index is -0.851. The molecule has 94 valence electrons. The summed E-state index contributed by atoms with van der Waals surface area (Å²) >= 11 is 0. The van der Waals surface area contributed by atoms with Crippen molar-refractivity contribution in [1.82, 2.24) is 0 Å². The molecule has 3 nitrogen and oxygen atoms in total. The van der Waals surface area contributed by atoms with Gasteiger partial charge in [0.15, 0.2) is 0 Å². The van der Waals surface area contributed by atoms with Crippen molar-refractivity contribution in [3.05, 3.63) is 35.4 Å². The van der Waals surface area contributed by atoms with Crippen molar-refractivity contribution in [2.45, 2.75) is 25.9 Å². The van der Waals surface area contributed by atoms with Gasteiger partial charge in [-0.25, -0.2) is 8.78 Å². The number of halogens is 2. The van der Waals surface area contributed by atoms with Crippen molar-refractivity contribution < 1.29 is 18.3 Å². The summed E-state index contributed by atoms with van der Waals surface area (Å²) in [5.74, 6) is -1.85. The van der Waals surface area contributed by atoms with Gasteiger partial charge in [0, 0.05) is 12.5 Å². The summed E-state index contributed by atoms with van der Waals surface area (Å²) in [6.07, 6.45) is 0.216. The van der Waals surface area contributed by atoms with Gasteiger partial charge >= 0.3 is 5.97 Å². The van der Waals surface area contributed by atoms with Crippen molar-refractivity contribution in [3.8, 4) is 0 Å². The first-order valence-corrected chi connectivity index (χ1v) is 5.19. The van der Waals surface area contributed by atoms with Crippen LogP contribution in [0.1, 0.15) is 19.4 Å². The average molecular weight is 243 g/mol. The molecule has 0 saturated heterocycles. The maximum absolute atomic E-state index is 13.0. The molecule has 0 bridgehead atoms. The monoisotopic (exact) mass is 243 g/mol. The van der Waals surface area contributed by atoms with Gasteiger partial charge in [-0.15, -0.1) is 0 Å². The van der Waals surface area contributed by atoms with Crippen LogP contribution >= 0.6 is 0 Å². The topological polar surface area (TPSA) is 52.3 Å². The lowest BCUT2D eigenvalue weighted by atomic mass is 9.98. The number of esters is 1. The van der Waals surface area contributed by atoms with Crippen LogP contribution < -0.4 is 5.73 Å². The Hall–Kier alpha value is -1.49. The zero-order valence-corrected chi connectivity index (χ0v) is 9.80. The summed E-state index contributed by atoms with van der Waals surface area (Å²) in [6, 6.07) is 3.21. The summed E-state index contributed by atoms with van der Waals surface area (Å²) in [5, 5.41) is 0. The number of carbonyl (C=O) groups excluding carboxylic acids is 1. The first kappa shape index (κ1) is 13.6. The number of hydrogen-bond donors (Lipinski definition) is 1. The molecule has 17 heavy (non-hydrogen) atoms. The van der Waals surface area contributed by atoms with Crippen LogP contribution in [0.25, 0.3) is 0 Å². The lowest BCUT2D eigenvalue weighted by Crippen LogP contribution is -2.33. The average Bonchev–Trinajstić information content (AvgIpc) is 2.13. The maximum atomic E-state index is 13.0. The number of benzene rings is 1. The highest BCUT2D eigenvalue weighted by molar-refractivity contribution is 5.71. The van der Waals surface area contributed by atoms with Crippen molar-refractivity contribution >= 4 is 5.97 Å². The minimum Gasteiger partial charge on any atom is -0.458 e. The molecule has 1 aromatic carbocycles. The van der Waals surface area contributed by atoms with Gasteiger partial charge < -0.3 is 10.5 Å². The smallest absolute Gasteiger partial charge is 0.320 e. The molecule has 0 aliphatic carbocycles. The van der Waals surface area contributed by atoms with Crippen LogP contribution in [0.4, 0.5) is 8.78 Å². The zero-order chi connectivity index (χ0) is 13.1. The molecular weight excluding hydrogens is 228 g/mol. The van der Waals surface area contributed by atoms with Crippen molar-refractivity contribution in [3.63, 3.8) is 0 Å². The number of rotatable bonds is 4. The van der Waals surface area contributed by atoms with Crippen LogP contribution in [0, 0.1) is 11.6 Å². The van der Waals surface area contributed by atoms with Crippen LogP contribution in [-0.4, -0.2) is 18.1 Å². The molecule has 0 aliphatic rings. The molecule has 0 unspecified atom stereocenters. The Morgan fingerprint density at radius 1 is 1.29 bits per heavy atom. The van der Waals surface area contributed by atoms with Gasteiger partial charge in [0.2, 0.25) is 0 Å². The first-order valence-electron chi connectivity index (χ1n) is 5.19. The largest absolute Gasteiger partial charge is 0.458 e. The fraction of sp³-hybridized carbons (Fsp3) is 0.417. The lowest BCUT2D eigenvalue weighted by molar-refractivity contribution is -0.154. The normalized spacial score (nSPS) is 11.4. The van der Waals surface area contributed by atoms with Crippen LogP contribution in [0.2, 0.25) is 0 Å². The van der Waals surface area contributed by atoms with E-state index >= 15 is 0 Å². The second kappa shape index (κ2) is 5.23. The third-order valence-corrected chi connectivity index (χ3v) is 2.11. The molecule has 0 heterocycles. The predicted octanol–water partition coefficient (Wildman–Crippen LogP) is 1.79. The summed E-state index contributed by atoms with van der Waals surface area (Å²) in [5.41, 5.74) is 4.70. The fourth-order valence-electron chi connectivity index (χ4n) is 1.59. The second-order valence-corrected chi connectivity index (χ2v) is 4.39. The van der Waals surface area contributed by atoms with Gasteiger partial charge in [-0.2, -0.15) is 0 Å². The van der Waals surface area contributed by atoms with E-state index in [-0.39, 0.29) is 13.0 Å². The van der Waals surface area contributed by atoms with Gasteiger partial charge in [-0.3, -0.25) is 4.79 Å². The molecular formula is C12H15F2NO2. The van der Waals surface area contributed by atoms with Gasteiger partial charge in [0.25, 0.3) is 0 Å². The Morgan fingerprint density at radius 3 is 2.29 bits per heavy atom. The molecule has 2 N–H and O–H groups in total. The van der Waals surface area contributed by atoms with Gasteiger partial charge in [-0.1, -0.05) is 0 Å². The van der Waals surface area contributed by atoms with E-state index in [0.29, 0.717) is 5.56 Å². The molecule has 0 saturated carbocycles. The Labute approximate surface area is 98.6 Å². The lowest BCUT2D eigenvalue weighted by Gasteiger charge is -2.25. The molecule has 0 spiro atoms. The van der Waals surface area contributed by atoms with E-state index < -0.39 is 23.2 Å². The molecule has 1 rings (SSSR count). The van der Waals surface area contributed by atoms with E-state index in [4.69, 9.17) is 10.5 Å². The highest BCUT2D eigenvalue weighted by Gasteiger charge is 2.23. The molecule has 0 atom stereocenters. The summed E-state index contributed by atoms with van der Waals surface area (Å²) in [7, 11) is 0. The standard InChI is InChI=1S/C12H15F2NO2/c1-12(2,17-11(16)7-15)6-8-3-9(13)5-10(14)4-8/h3-5H,6-7,15H2,1-2H3. The quantitative estimate of drug-likeness (QED) is 0.820. The molecule has 1 aromatic rings. The van der Waals surface area contributed by atoms with E-state index in [1.807, 2.05) is 0 Å². The summed E-state index contributed by atoms with van der Waals surface area (Å²) in [4.78, 5) is 11.1. The highest BCUT2D eigenvalue weighted by atomic mass is 19.1. The van der Waals surface area contributed by atoms with E-state index in [1.54, 1.807) is 13.8 Å². The van der Waals surface area contributed by atoms with Gasteiger partial charge in [0.05, 0.1) is 6.54 Å². The SMILES string of the molecule is CC(C)(Cc1cc(F)cc(F)c1)OC(=O)CN. The van der Waals surface area contributed by atoms with Crippen LogP contribution in [-0.2, 0) is 16.0 Å². The fourth-order valence-corrected chi connectivity index (χ4v) is 1.59. The molecule has 0 aliphatic heterocycles. The number of nitrogens with two attached hydrogens (primary N) is 1. The van der Waals surface area contributed by atoms with Crippen LogP contribution in [0.3, 0.4) is 0 Å². The zero-order valence-electron chi connectivity index (χ0n) is 9.80. The Kier molecular flexibility index (Phi) is 4.17. The van der Waals surface area contributed by atoms with Crippen molar-refractivity contribution in [1.29, 1.82) is 0 Å². The Bertz CT molecular complexity index is 399. The number of ether oxygens (including phenoxy) is 1. The number of carbonyl (C=O) groups is 1. The van der Waals surface area contributed by atoms with Gasteiger partial charge in [0.1, 0.15) is 17.2 Å². The summed E-state index contributed by atoms with van der Waals surface area (Å²) < 4.78 is 31.0. The maximum Gasteiger partial charge on any atom is 0.320 e. The van der Waals surface area contributed by atoms with Crippen molar-refractivity contribution in [2.75, 3.05) is 6.54 Å². The van der Waals surface area contributed by atoms with Gasteiger partial charge in [-0.05, 0) is 31.5 Å².